The lowest BCUT2D eigenvalue weighted by Gasteiger charge is -2.31. The zero-order valence-electron chi connectivity index (χ0n) is 10.2. The highest BCUT2D eigenvalue weighted by atomic mass is 16.2. The van der Waals surface area contributed by atoms with Gasteiger partial charge in [-0.1, -0.05) is 0 Å². The van der Waals surface area contributed by atoms with Crippen molar-refractivity contribution in [3.05, 3.63) is 24.3 Å². The van der Waals surface area contributed by atoms with Crippen molar-refractivity contribution in [3.8, 4) is 0 Å². The zero-order chi connectivity index (χ0) is 12.3. The number of rotatable bonds is 1. The van der Waals surface area contributed by atoms with Crippen LogP contribution in [0.2, 0.25) is 0 Å². The maximum Gasteiger partial charge on any atom is 0.324 e. The third kappa shape index (κ3) is 2.70. The molecule has 2 N–H and O–H groups in total. The number of benzene rings is 1. The van der Waals surface area contributed by atoms with E-state index in [1.54, 1.807) is 4.90 Å². The summed E-state index contributed by atoms with van der Waals surface area (Å²) in [6.07, 6.45) is 3.46. The van der Waals surface area contributed by atoms with E-state index in [-0.39, 0.29) is 6.03 Å². The summed E-state index contributed by atoms with van der Waals surface area (Å²) in [6.45, 7) is 1.75. The molecule has 0 atom stereocenters. The molecule has 0 unspecified atom stereocenters. The third-order valence-corrected chi connectivity index (χ3v) is 3.19. The Balaban J connectivity index is 2.05. The van der Waals surface area contributed by atoms with Crippen LogP contribution in [-0.2, 0) is 0 Å². The average Bonchev–Trinajstić information content (AvgIpc) is 2.39. The third-order valence-electron chi connectivity index (χ3n) is 3.19. The number of nitrogens with two attached hydrogens (primary N) is 1. The van der Waals surface area contributed by atoms with Crippen molar-refractivity contribution < 1.29 is 4.79 Å². The maximum absolute atomic E-state index is 12.2. The van der Waals surface area contributed by atoms with Crippen LogP contribution >= 0.6 is 0 Å². The number of anilines is 2. The Morgan fingerprint density at radius 1 is 1.18 bits per heavy atom. The lowest BCUT2D eigenvalue weighted by Crippen LogP contribution is -2.43. The molecule has 0 aromatic heterocycles. The van der Waals surface area contributed by atoms with Gasteiger partial charge < -0.3 is 10.6 Å². The quantitative estimate of drug-likeness (QED) is 0.757. The van der Waals surface area contributed by atoms with E-state index in [4.69, 9.17) is 5.73 Å². The van der Waals surface area contributed by atoms with Gasteiger partial charge in [-0.05, 0) is 43.5 Å². The van der Waals surface area contributed by atoms with Crippen LogP contribution in [0, 0.1) is 0 Å². The Kier molecular flexibility index (Phi) is 3.52. The molecular weight excluding hydrogens is 214 g/mol. The molecule has 1 saturated heterocycles. The van der Waals surface area contributed by atoms with Gasteiger partial charge >= 0.3 is 6.03 Å². The minimum Gasteiger partial charge on any atom is -0.399 e. The number of nitrogens with zero attached hydrogens (tertiary/aromatic N) is 2. The van der Waals surface area contributed by atoms with Gasteiger partial charge in [0.25, 0.3) is 0 Å². The van der Waals surface area contributed by atoms with Gasteiger partial charge in [-0.3, -0.25) is 4.90 Å². The van der Waals surface area contributed by atoms with Crippen LogP contribution < -0.4 is 10.6 Å². The number of piperidine rings is 1. The molecule has 1 aromatic rings. The van der Waals surface area contributed by atoms with Crippen molar-refractivity contribution >= 4 is 17.4 Å². The van der Waals surface area contributed by atoms with E-state index in [1.165, 1.54) is 6.42 Å². The van der Waals surface area contributed by atoms with E-state index in [9.17, 15) is 4.79 Å². The van der Waals surface area contributed by atoms with Gasteiger partial charge in [0.2, 0.25) is 0 Å². The SMILES string of the molecule is CN(C(=O)N1CCCCC1)c1ccc(N)cc1. The van der Waals surface area contributed by atoms with Crippen molar-refractivity contribution in [3.63, 3.8) is 0 Å². The van der Waals surface area contributed by atoms with Crippen LogP contribution in [0.4, 0.5) is 16.2 Å². The molecule has 0 spiro atoms. The number of carbonyl (C=O) groups is 1. The summed E-state index contributed by atoms with van der Waals surface area (Å²) in [5.41, 5.74) is 7.23. The first-order valence-electron chi connectivity index (χ1n) is 6.06. The van der Waals surface area contributed by atoms with E-state index in [1.807, 2.05) is 36.2 Å². The number of likely N-dealkylation sites (tertiary alicyclic amines) is 1. The highest BCUT2D eigenvalue weighted by Crippen LogP contribution is 2.18. The van der Waals surface area contributed by atoms with E-state index in [0.29, 0.717) is 5.69 Å². The summed E-state index contributed by atoms with van der Waals surface area (Å²) in [4.78, 5) is 15.8. The number of hydrogen-bond acceptors (Lipinski definition) is 2. The van der Waals surface area contributed by atoms with E-state index < -0.39 is 0 Å². The van der Waals surface area contributed by atoms with E-state index in [0.717, 1.165) is 31.6 Å². The predicted octanol–water partition coefficient (Wildman–Crippen LogP) is 2.31. The van der Waals surface area contributed by atoms with Crippen LogP contribution in [0.15, 0.2) is 24.3 Å². The summed E-state index contributed by atoms with van der Waals surface area (Å²) >= 11 is 0. The molecule has 4 heteroatoms. The molecular formula is C13H19N3O. The molecule has 2 amide bonds. The van der Waals surface area contributed by atoms with Crippen LogP contribution in [0.3, 0.4) is 0 Å². The Bertz CT molecular complexity index is 382. The lowest BCUT2D eigenvalue weighted by atomic mass is 10.1. The minimum atomic E-state index is 0.0782. The van der Waals surface area contributed by atoms with Crippen LogP contribution in [-0.4, -0.2) is 31.1 Å². The van der Waals surface area contributed by atoms with Crippen molar-refractivity contribution in [2.45, 2.75) is 19.3 Å². The summed E-state index contributed by atoms with van der Waals surface area (Å²) in [5, 5.41) is 0. The Morgan fingerprint density at radius 2 is 1.76 bits per heavy atom. The number of urea groups is 1. The van der Waals surface area contributed by atoms with Crippen molar-refractivity contribution in [2.24, 2.45) is 0 Å². The number of carbonyl (C=O) groups excluding carboxylic acids is 1. The standard InChI is InChI=1S/C13H19N3O/c1-15(12-7-5-11(14)6-8-12)13(17)16-9-3-2-4-10-16/h5-8H,2-4,9-10,14H2,1H3. The van der Waals surface area contributed by atoms with E-state index >= 15 is 0 Å². The van der Waals surface area contributed by atoms with Gasteiger partial charge in [-0.15, -0.1) is 0 Å². The molecule has 17 heavy (non-hydrogen) atoms. The molecule has 0 aliphatic carbocycles. The first-order valence-corrected chi connectivity index (χ1v) is 6.06. The van der Waals surface area contributed by atoms with Crippen LogP contribution in [0.1, 0.15) is 19.3 Å². The Morgan fingerprint density at radius 3 is 2.35 bits per heavy atom. The second-order valence-electron chi connectivity index (χ2n) is 4.48. The molecule has 1 heterocycles. The van der Waals surface area contributed by atoms with Crippen molar-refractivity contribution in [2.75, 3.05) is 30.8 Å². The highest BCUT2D eigenvalue weighted by molar-refractivity contribution is 5.91. The number of hydrogen-bond donors (Lipinski definition) is 1. The molecule has 4 nitrogen and oxygen atoms in total. The van der Waals surface area contributed by atoms with Gasteiger partial charge in [0.1, 0.15) is 0 Å². The molecule has 0 radical (unpaired) electrons. The fraction of sp³-hybridized carbons (Fsp3) is 0.462. The van der Waals surface area contributed by atoms with Gasteiger partial charge in [0.05, 0.1) is 0 Å². The minimum absolute atomic E-state index is 0.0782. The summed E-state index contributed by atoms with van der Waals surface area (Å²) < 4.78 is 0. The van der Waals surface area contributed by atoms with Gasteiger partial charge in [-0.25, -0.2) is 4.79 Å². The number of amides is 2. The Labute approximate surface area is 102 Å². The van der Waals surface area contributed by atoms with E-state index in [2.05, 4.69) is 0 Å². The van der Waals surface area contributed by atoms with Crippen molar-refractivity contribution in [1.29, 1.82) is 0 Å². The molecule has 2 rings (SSSR count). The molecule has 1 aromatic carbocycles. The predicted molar refractivity (Wildman–Crippen MR) is 70.1 cm³/mol. The van der Waals surface area contributed by atoms with Gasteiger partial charge in [0.15, 0.2) is 0 Å². The number of nitrogen functional groups attached to an aromatic ring is 1. The normalized spacial score (nSPS) is 15.7. The van der Waals surface area contributed by atoms with Crippen LogP contribution in [0.5, 0.6) is 0 Å². The topological polar surface area (TPSA) is 49.6 Å². The lowest BCUT2D eigenvalue weighted by molar-refractivity contribution is 0.194. The molecule has 0 saturated carbocycles. The molecule has 1 aliphatic rings. The first-order chi connectivity index (χ1) is 8.18. The molecule has 92 valence electrons. The first kappa shape index (κ1) is 11.8. The summed E-state index contributed by atoms with van der Waals surface area (Å²) in [6, 6.07) is 7.45. The average molecular weight is 233 g/mol. The smallest absolute Gasteiger partial charge is 0.324 e. The second kappa shape index (κ2) is 5.08. The summed E-state index contributed by atoms with van der Waals surface area (Å²) in [5.74, 6) is 0. The Hall–Kier alpha value is -1.71. The molecule has 1 fully saturated rings. The van der Waals surface area contributed by atoms with Crippen LogP contribution in [0.25, 0.3) is 0 Å². The monoisotopic (exact) mass is 233 g/mol. The van der Waals surface area contributed by atoms with Gasteiger partial charge in [0, 0.05) is 31.5 Å². The highest BCUT2D eigenvalue weighted by Gasteiger charge is 2.20. The summed E-state index contributed by atoms with van der Waals surface area (Å²) in [7, 11) is 1.81. The largest absolute Gasteiger partial charge is 0.399 e. The van der Waals surface area contributed by atoms with Crippen molar-refractivity contribution in [1.82, 2.24) is 4.90 Å². The molecule has 0 bridgehead atoms. The molecule has 1 aliphatic heterocycles. The fourth-order valence-corrected chi connectivity index (χ4v) is 2.11. The zero-order valence-corrected chi connectivity index (χ0v) is 10.2. The fourth-order valence-electron chi connectivity index (χ4n) is 2.11. The van der Waals surface area contributed by atoms with Gasteiger partial charge in [-0.2, -0.15) is 0 Å². The second-order valence-corrected chi connectivity index (χ2v) is 4.48. The maximum atomic E-state index is 12.2.